The van der Waals surface area contributed by atoms with E-state index in [1.54, 1.807) is 17.0 Å². The minimum atomic E-state index is -0.0692. The average Bonchev–Trinajstić information content (AvgIpc) is 2.47. The normalized spacial score (nSPS) is 10.9. The molecule has 5 nitrogen and oxygen atoms in total. The van der Waals surface area contributed by atoms with Gasteiger partial charge in [-0.2, -0.15) is 0 Å². The molecule has 0 aliphatic carbocycles. The van der Waals surface area contributed by atoms with Crippen molar-refractivity contribution < 1.29 is 0 Å². The lowest BCUT2D eigenvalue weighted by molar-refractivity contribution is 0.572. The van der Waals surface area contributed by atoms with Crippen LogP contribution in [-0.4, -0.2) is 16.6 Å². The highest BCUT2D eigenvalue weighted by molar-refractivity contribution is 5.38. The molecule has 0 saturated heterocycles. The largest absolute Gasteiger partial charge is 0.351 e. The Balaban J connectivity index is 2.31. The van der Waals surface area contributed by atoms with Gasteiger partial charge in [-0.3, -0.25) is 4.79 Å². The van der Waals surface area contributed by atoms with E-state index in [1.807, 2.05) is 50.1 Å². The summed E-state index contributed by atoms with van der Waals surface area (Å²) in [5.74, 6) is 0.457. The lowest BCUT2D eigenvalue weighted by Gasteiger charge is -2.20. The zero-order valence-electron chi connectivity index (χ0n) is 12.8. The molecule has 2 N–H and O–H groups in total. The second-order valence-corrected chi connectivity index (χ2v) is 5.39. The Hall–Kier alpha value is -2.14. The van der Waals surface area contributed by atoms with Crippen LogP contribution in [0.2, 0.25) is 0 Å². The molecule has 0 atom stereocenters. The second kappa shape index (κ2) is 6.54. The number of nitrogens with two attached hydrogens (primary N) is 1. The monoisotopic (exact) mass is 286 g/mol. The summed E-state index contributed by atoms with van der Waals surface area (Å²) in [5, 5.41) is 0. The van der Waals surface area contributed by atoms with Gasteiger partial charge in [-0.1, -0.05) is 24.3 Å². The van der Waals surface area contributed by atoms with E-state index in [2.05, 4.69) is 4.98 Å². The quantitative estimate of drug-likeness (QED) is 0.912. The van der Waals surface area contributed by atoms with Crippen molar-refractivity contribution in [2.24, 2.45) is 5.73 Å². The second-order valence-electron chi connectivity index (χ2n) is 5.39. The fourth-order valence-electron chi connectivity index (χ4n) is 2.32. The van der Waals surface area contributed by atoms with Gasteiger partial charge in [-0.05, 0) is 25.0 Å². The maximum atomic E-state index is 12.4. The maximum absolute atomic E-state index is 12.4. The highest BCUT2D eigenvalue weighted by atomic mass is 16.1. The Morgan fingerprint density at radius 2 is 1.95 bits per heavy atom. The van der Waals surface area contributed by atoms with Gasteiger partial charge in [-0.25, -0.2) is 4.98 Å². The Labute approximate surface area is 125 Å². The van der Waals surface area contributed by atoms with E-state index < -0.39 is 0 Å². The molecule has 1 aromatic heterocycles. The summed E-state index contributed by atoms with van der Waals surface area (Å²) in [6, 6.07) is 8.10. The molecule has 0 amide bonds. The summed E-state index contributed by atoms with van der Waals surface area (Å²) in [5.41, 5.74) is 7.89. The van der Waals surface area contributed by atoms with Crippen LogP contribution in [0.3, 0.4) is 0 Å². The van der Waals surface area contributed by atoms with Crippen molar-refractivity contribution >= 4 is 5.82 Å². The Bertz CT molecular complexity index is 663. The highest BCUT2D eigenvalue weighted by Crippen LogP contribution is 2.13. The van der Waals surface area contributed by atoms with Gasteiger partial charge in [0.25, 0.3) is 5.56 Å². The smallest absolute Gasteiger partial charge is 0.293 e. The van der Waals surface area contributed by atoms with Gasteiger partial charge in [0, 0.05) is 38.6 Å². The van der Waals surface area contributed by atoms with Gasteiger partial charge in [0.15, 0.2) is 5.82 Å². The third-order valence-corrected chi connectivity index (χ3v) is 3.51. The van der Waals surface area contributed by atoms with E-state index in [1.165, 1.54) is 0 Å². The van der Waals surface area contributed by atoms with Gasteiger partial charge in [0.1, 0.15) is 0 Å². The van der Waals surface area contributed by atoms with E-state index in [0.717, 1.165) is 11.1 Å². The number of rotatable bonds is 5. The molecule has 2 aromatic rings. The molecule has 2 rings (SSSR count). The van der Waals surface area contributed by atoms with Crippen molar-refractivity contribution in [3.05, 3.63) is 58.1 Å². The lowest BCUT2D eigenvalue weighted by Crippen LogP contribution is -2.31. The average molecular weight is 286 g/mol. The van der Waals surface area contributed by atoms with Crippen LogP contribution in [0.25, 0.3) is 0 Å². The molecule has 21 heavy (non-hydrogen) atoms. The third kappa shape index (κ3) is 3.31. The SMILES string of the molecule is CC(C)n1ccnc(N(C)Cc2ccccc2CN)c1=O. The molecule has 1 aromatic carbocycles. The van der Waals surface area contributed by atoms with Crippen LogP contribution in [0, 0.1) is 0 Å². The maximum Gasteiger partial charge on any atom is 0.293 e. The van der Waals surface area contributed by atoms with Crippen LogP contribution in [0.4, 0.5) is 5.82 Å². The molecule has 0 aliphatic heterocycles. The molecule has 5 heteroatoms. The molecule has 0 aliphatic rings. The summed E-state index contributed by atoms with van der Waals surface area (Å²) in [4.78, 5) is 18.5. The summed E-state index contributed by atoms with van der Waals surface area (Å²) < 4.78 is 1.69. The summed E-state index contributed by atoms with van der Waals surface area (Å²) in [6.45, 7) is 5.06. The van der Waals surface area contributed by atoms with Crippen LogP contribution in [0.5, 0.6) is 0 Å². The first-order chi connectivity index (χ1) is 10.0. The van der Waals surface area contributed by atoms with Crippen molar-refractivity contribution in [3.8, 4) is 0 Å². The van der Waals surface area contributed by atoms with E-state index in [-0.39, 0.29) is 11.6 Å². The van der Waals surface area contributed by atoms with Crippen molar-refractivity contribution in [2.45, 2.75) is 33.0 Å². The first-order valence-electron chi connectivity index (χ1n) is 7.09. The van der Waals surface area contributed by atoms with Crippen LogP contribution in [-0.2, 0) is 13.1 Å². The molecule has 0 unspecified atom stereocenters. The Morgan fingerprint density at radius 1 is 1.29 bits per heavy atom. The van der Waals surface area contributed by atoms with Gasteiger partial charge in [-0.15, -0.1) is 0 Å². The number of hydrogen-bond donors (Lipinski definition) is 1. The lowest BCUT2D eigenvalue weighted by atomic mass is 10.1. The van der Waals surface area contributed by atoms with Crippen LogP contribution < -0.4 is 16.2 Å². The molecule has 1 heterocycles. The molecule has 0 saturated carbocycles. The number of aromatic nitrogens is 2. The van der Waals surface area contributed by atoms with Crippen LogP contribution in [0.1, 0.15) is 31.0 Å². The molecule has 0 spiro atoms. The zero-order chi connectivity index (χ0) is 15.4. The Kier molecular flexibility index (Phi) is 4.75. The summed E-state index contributed by atoms with van der Waals surface area (Å²) >= 11 is 0. The molecule has 0 bridgehead atoms. The van der Waals surface area contributed by atoms with Crippen molar-refractivity contribution in [2.75, 3.05) is 11.9 Å². The zero-order valence-corrected chi connectivity index (χ0v) is 12.8. The summed E-state index contributed by atoms with van der Waals surface area (Å²) in [7, 11) is 1.88. The van der Waals surface area contributed by atoms with Crippen molar-refractivity contribution in [1.29, 1.82) is 0 Å². The minimum absolute atomic E-state index is 0.0692. The topological polar surface area (TPSA) is 64.2 Å². The fourth-order valence-corrected chi connectivity index (χ4v) is 2.32. The van der Waals surface area contributed by atoms with E-state index in [4.69, 9.17) is 5.73 Å². The number of benzene rings is 1. The van der Waals surface area contributed by atoms with Gasteiger partial charge >= 0.3 is 0 Å². The molecule has 112 valence electrons. The van der Waals surface area contributed by atoms with E-state index >= 15 is 0 Å². The Morgan fingerprint density at radius 3 is 2.57 bits per heavy atom. The molecule has 0 fully saturated rings. The van der Waals surface area contributed by atoms with Gasteiger partial charge < -0.3 is 15.2 Å². The molecule has 0 radical (unpaired) electrons. The minimum Gasteiger partial charge on any atom is -0.351 e. The van der Waals surface area contributed by atoms with Crippen LogP contribution >= 0.6 is 0 Å². The van der Waals surface area contributed by atoms with Crippen molar-refractivity contribution in [3.63, 3.8) is 0 Å². The van der Waals surface area contributed by atoms with E-state index in [9.17, 15) is 4.79 Å². The summed E-state index contributed by atoms with van der Waals surface area (Å²) in [6.07, 6.45) is 3.39. The number of anilines is 1. The van der Waals surface area contributed by atoms with Gasteiger partial charge in [0.05, 0.1) is 0 Å². The van der Waals surface area contributed by atoms with E-state index in [0.29, 0.717) is 18.9 Å². The van der Waals surface area contributed by atoms with Crippen LogP contribution in [0.15, 0.2) is 41.5 Å². The first kappa shape index (κ1) is 15.3. The first-order valence-corrected chi connectivity index (χ1v) is 7.09. The third-order valence-electron chi connectivity index (χ3n) is 3.51. The predicted octanol–water partition coefficient (Wildman–Crippen LogP) is 1.92. The number of hydrogen-bond acceptors (Lipinski definition) is 4. The van der Waals surface area contributed by atoms with Crippen molar-refractivity contribution in [1.82, 2.24) is 9.55 Å². The molecular weight excluding hydrogens is 264 g/mol. The number of nitrogens with zero attached hydrogens (tertiary/aromatic N) is 3. The molecular formula is C16H22N4O. The highest BCUT2D eigenvalue weighted by Gasteiger charge is 2.13. The predicted molar refractivity (Wildman–Crippen MR) is 85.3 cm³/mol. The standard InChI is InChI=1S/C16H22N4O/c1-12(2)20-9-8-18-15(16(20)21)19(3)11-14-7-5-4-6-13(14)10-17/h4-9,12H,10-11,17H2,1-3H3. The van der Waals surface area contributed by atoms with Gasteiger partial charge in [0.2, 0.25) is 0 Å². The fraction of sp³-hybridized carbons (Fsp3) is 0.375.